The van der Waals surface area contributed by atoms with Crippen LogP contribution in [0.3, 0.4) is 0 Å². The van der Waals surface area contributed by atoms with E-state index in [-0.39, 0.29) is 12.4 Å². The smallest absolute Gasteiger partial charge is 0.404 e. The number of phosphoric acid groups is 1. The van der Waals surface area contributed by atoms with Gasteiger partial charge in [-0.25, -0.2) is 4.57 Å². The van der Waals surface area contributed by atoms with Crippen LogP contribution in [0, 0.1) is 0 Å². The zero-order chi connectivity index (χ0) is 12.3. The van der Waals surface area contributed by atoms with E-state index in [1.54, 1.807) is 31.3 Å². The number of fused-ring (bicyclic) bond motifs is 1. The lowest BCUT2D eigenvalue weighted by Crippen LogP contribution is -1.96. The third-order valence-corrected chi connectivity index (χ3v) is 3.12. The molecule has 1 N–H and O–H groups in total. The summed E-state index contributed by atoms with van der Waals surface area (Å²) in [6.07, 6.45) is 1.65. The molecule has 0 saturated carbocycles. The summed E-state index contributed by atoms with van der Waals surface area (Å²) in [7, 11) is -4.02. The van der Waals surface area contributed by atoms with Crippen LogP contribution in [-0.2, 0) is 9.09 Å². The van der Waals surface area contributed by atoms with Crippen molar-refractivity contribution < 1.29 is 18.5 Å². The largest absolute Gasteiger partial charge is 0.527 e. The number of benzene rings is 1. The summed E-state index contributed by atoms with van der Waals surface area (Å²) in [6.45, 7) is 1.73. The van der Waals surface area contributed by atoms with E-state index in [1.165, 1.54) is 0 Å². The molecule has 6 heteroatoms. The summed E-state index contributed by atoms with van der Waals surface area (Å²) < 4.78 is 20.9. The number of hydrogen-bond donors (Lipinski definition) is 1. The van der Waals surface area contributed by atoms with E-state index in [0.29, 0.717) is 5.52 Å². The molecule has 1 aromatic heterocycles. The van der Waals surface area contributed by atoms with E-state index >= 15 is 0 Å². The van der Waals surface area contributed by atoms with Gasteiger partial charge in [-0.05, 0) is 25.1 Å². The van der Waals surface area contributed by atoms with E-state index in [9.17, 15) is 9.46 Å². The molecular weight excluding hydrogens is 241 g/mol. The monoisotopic (exact) mass is 253 g/mol. The fourth-order valence-electron chi connectivity index (χ4n) is 1.43. The minimum Gasteiger partial charge on any atom is -0.404 e. The summed E-state index contributed by atoms with van der Waals surface area (Å²) in [5.41, 5.74) is 0.696. The maximum Gasteiger partial charge on any atom is 0.527 e. The van der Waals surface area contributed by atoms with Crippen LogP contribution in [0.2, 0.25) is 0 Å². The Morgan fingerprint density at radius 2 is 2.24 bits per heavy atom. The molecular formula is C11H12NO4P. The maximum atomic E-state index is 11.4. The van der Waals surface area contributed by atoms with Crippen molar-refractivity contribution in [1.82, 2.24) is 4.98 Å². The first kappa shape index (κ1) is 12.0. The van der Waals surface area contributed by atoms with Crippen LogP contribution >= 0.6 is 7.82 Å². The SMILES string of the molecule is CCOP(=O)(O)Oc1ccc2cccnc2c1. The van der Waals surface area contributed by atoms with E-state index in [0.717, 1.165) is 5.39 Å². The molecule has 90 valence electrons. The molecule has 1 atom stereocenters. The van der Waals surface area contributed by atoms with Crippen LogP contribution in [-0.4, -0.2) is 16.5 Å². The first-order valence-electron chi connectivity index (χ1n) is 5.12. The molecule has 0 radical (unpaired) electrons. The summed E-state index contributed by atoms with van der Waals surface area (Å²) in [6, 6.07) is 8.68. The van der Waals surface area contributed by atoms with Crippen LogP contribution in [0.15, 0.2) is 36.5 Å². The van der Waals surface area contributed by atoms with Crippen molar-refractivity contribution in [3.63, 3.8) is 0 Å². The van der Waals surface area contributed by atoms with Gasteiger partial charge in [0.1, 0.15) is 5.75 Å². The predicted octanol–water partition coefficient (Wildman–Crippen LogP) is 2.75. The Bertz CT molecular complexity index is 572. The molecule has 17 heavy (non-hydrogen) atoms. The van der Waals surface area contributed by atoms with Gasteiger partial charge in [0.05, 0.1) is 12.1 Å². The second-order valence-corrected chi connectivity index (χ2v) is 4.71. The van der Waals surface area contributed by atoms with Gasteiger partial charge in [0, 0.05) is 17.6 Å². The number of aromatic nitrogens is 1. The highest BCUT2D eigenvalue weighted by atomic mass is 31.2. The molecule has 0 aliphatic carbocycles. The molecule has 0 aliphatic rings. The summed E-state index contributed by atoms with van der Waals surface area (Å²) in [4.78, 5) is 13.5. The van der Waals surface area contributed by atoms with E-state index in [4.69, 9.17) is 4.52 Å². The lowest BCUT2D eigenvalue weighted by Gasteiger charge is -2.11. The van der Waals surface area contributed by atoms with Gasteiger partial charge >= 0.3 is 7.82 Å². The summed E-state index contributed by atoms with van der Waals surface area (Å²) in [5.74, 6) is 0.260. The molecule has 0 saturated heterocycles. The fraction of sp³-hybridized carbons (Fsp3) is 0.182. The first-order valence-corrected chi connectivity index (χ1v) is 6.62. The predicted molar refractivity (Wildman–Crippen MR) is 63.8 cm³/mol. The molecule has 2 rings (SSSR count). The van der Waals surface area contributed by atoms with Gasteiger partial charge < -0.3 is 4.52 Å². The Hall–Kier alpha value is -1.42. The van der Waals surface area contributed by atoms with Crippen LogP contribution in [0.5, 0.6) is 5.75 Å². The van der Waals surface area contributed by atoms with E-state index < -0.39 is 7.82 Å². The summed E-state index contributed by atoms with van der Waals surface area (Å²) in [5, 5.41) is 0.934. The highest BCUT2D eigenvalue weighted by Crippen LogP contribution is 2.43. The number of pyridine rings is 1. The van der Waals surface area contributed by atoms with Gasteiger partial charge in [-0.1, -0.05) is 6.07 Å². The van der Waals surface area contributed by atoms with Gasteiger partial charge in [-0.2, -0.15) is 0 Å². The lowest BCUT2D eigenvalue weighted by atomic mass is 10.2. The molecule has 5 nitrogen and oxygen atoms in total. The number of rotatable bonds is 4. The molecule has 0 fully saturated rings. The maximum absolute atomic E-state index is 11.4. The number of phosphoric ester groups is 1. The molecule has 1 aromatic carbocycles. The minimum atomic E-state index is -4.02. The molecule has 0 amide bonds. The highest BCUT2D eigenvalue weighted by molar-refractivity contribution is 7.47. The molecule has 1 unspecified atom stereocenters. The lowest BCUT2D eigenvalue weighted by molar-refractivity contribution is 0.213. The van der Waals surface area contributed by atoms with Gasteiger partial charge in [0.2, 0.25) is 0 Å². The molecule has 2 aromatic rings. The van der Waals surface area contributed by atoms with Gasteiger partial charge in [0.15, 0.2) is 0 Å². The van der Waals surface area contributed by atoms with Crippen molar-refractivity contribution in [2.24, 2.45) is 0 Å². The zero-order valence-electron chi connectivity index (χ0n) is 9.24. The average Bonchev–Trinajstić information content (AvgIpc) is 2.28. The second kappa shape index (κ2) is 4.84. The van der Waals surface area contributed by atoms with Crippen LogP contribution in [0.25, 0.3) is 10.9 Å². The van der Waals surface area contributed by atoms with Crippen LogP contribution in [0.4, 0.5) is 0 Å². The average molecular weight is 253 g/mol. The van der Waals surface area contributed by atoms with Crippen molar-refractivity contribution in [2.45, 2.75) is 6.92 Å². The molecule has 1 heterocycles. The third kappa shape index (κ3) is 3.03. The van der Waals surface area contributed by atoms with Crippen LogP contribution < -0.4 is 4.52 Å². The van der Waals surface area contributed by atoms with E-state index in [2.05, 4.69) is 9.51 Å². The number of nitrogens with zero attached hydrogens (tertiary/aromatic N) is 1. The van der Waals surface area contributed by atoms with Crippen LogP contribution in [0.1, 0.15) is 6.92 Å². The van der Waals surface area contributed by atoms with Gasteiger partial charge in [-0.15, -0.1) is 0 Å². The van der Waals surface area contributed by atoms with Gasteiger partial charge in [0.25, 0.3) is 0 Å². The quantitative estimate of drug-likeness (QED) is 0.848. The fourth-order valence-corrected chi connectivity index (χ4v) is 2.18. The normalized spacial score (nSPS) is 14.5. The van der Waals surface area contributed by atoms with Crippen molar-refractivity contribution in [3.05, 3.63) is 36.5 Å². The second-order valence-electron chi connectivity index (χ2n) is 3.34. The topological polar surface area (TPSA) is 68.7 Å². The molecule has 0 spiro atoms. The Kier molecular flexibility index (Phi) is 3.43. The Balaban J connectivity index is 2.28. The zero-order valence-corrected chi connectivity index (χ0v) is 10.1. The Morgan fingerprint density at radius 1 is 1.41 bits per heavy atom. The van der Waals surface area contributed by atoms with Gasteiger partial charge in [-0.3, -0.25) is 14.4 Å². The molecule has 0 aliphatic heterocycles. The number of hydrogen-bond acceptors (Lipinski definition) is 4. The van der Waals surface area contributed by atoms with Crippen molar-refractivity contribution in [2.75, 3.05) is 6.61 Å². The minimum absolute atomic E-state index is 0.111. The third-order valence-electron chi connectivity index (χ3n) is 2.09. The van der Waals surface area contributed by atoms with Crippen molar-refractivity contribution in [1.29, 1.82) is 0 Å². The van der Waals surface area contributed by atoms with Crippen molar-refractivity contribution in [3.8, 4) is 5.75 Å². The Morgan fingerprint density at radius 3 is 3.00 bits per heavy atom. The first-order chi connectivity index (χ1) is 8.11. The van der Waals surface area contributed by atoms with E-state index in [1.807, 2.05) is 12.1 Å². The Labute approximate surface area is 98.6 Å². The molecule has 0 bridgehead atoms. The summed E-state index contributed by atoms with van der Waals surface area (Å²) >= 11 is 0. The standard InChI is InChI=1S/C11H12NO4P/c1-2-15-17(13,14)16-10-6-5-9-4-3-7-12-11(9)8-10/h3-8H,2H2,1H3,(H,13,14). The highest BCUT2D eigenvalue weighted by Gasteiger charge is 2.21. The van der Waals surface area contributed by atoms with Crippen molar-refractivity contribution >= 4 is 18.7 Å².